The predicted octanol–water partition coefficient (Wildman–Crippen LogP) is -1.39. The number of halogens is 2. The van der Waals surface area contributed by atoms with Crippen LogP contribution in [-0.4, -0.2) is 3.21 Å². The average Bonchev–Trinajstić information content (AvgIpc) is 3.12. The van der Waals surface area contributed by atoms with Crippen LogP contribution in [-0.2, 0) is 22.8 Å². The third-order valence-corrected chi connectivity index (χ3v) is 7.47. The van der Waals surface area contributed by atoms with Gasteiger partial charge in [-0.15, -0.1) is 0 Å². The second kappa shape index (κ2) is 8.09. The fraction of sp³-hybridized carbons (Fsp3) is 0.190. The summed E-state index contributed by atoms with van der Waals surface area (Å²) < 4.78 is 3.31. The topological polar surface area (TPSA) is 0 Å². The largest absolute Gasteiger partial charge is 1.00 e. The number of allylic oxidation sites excluding steroid dienone is 4. The van der Waals surface area contributed by atoms with E-state index in [1.807, 2.05) is 0 Å². The fourth-order valence-electron chi connectivity index (χ4n) is 3.70. The minimum absolute atomic E-state index is 0. The molecule has 0 N–H and O–H groups in total. The molecule has 0 saturated heterocycles. The first kappa shape index (κ1) is 19.6. The van der Waals surface area contributed by atoms with Gasteiger partial charge < -0.3 is 24.8 Å². The zero-order chi connectivity index (χ0) is 15.1. The first-order valence-electron chi connectivity index (χ1n) is 7.90. The van der Waals surface area contributed by atoms with Crippen molar-refractivity contribution in [3.8, 4) is 11.1 Å². The summed E-state index contributed by atoms with van der Waals surface area (Å²) >= 11 is -0.612. The predicted molar refractivity (Wildman–Crippen MR) is 91.6 cm³/mol. The Kier molecular flexibility index (Phi) is 6.60. The second-order valence-corrected chi connectivity index (χ2v) is 10.7. The van der Waals surface area contributed by atoms with Gasteiger partial charge in [0.2, 0.25) is 0 Å². The van der Waals surface area contributed by atoms with Crippen molar-refractivity contribution in [2.24, 2.45) is 0 Å². The van der Waals surface area contributed by atoms with Gasteiger partial charge in [0.05, 0.1) is 0 Å². The van der Waals surface area contributed by atoms with E-state index in [0.717, 1.165) is 6.42 Å². The van der Waals surface area contributed by atoms with Gasteiger partial charge in [0.25, 0.3) is 0 Å². The standard InChI is InChI=1S/C18H13.C3H6.2ClH.Zr/c1-2-8-13(7-1)18-16-11-5-3-9-14(16)15-10-4-6-12-17(15)18;1-3-2;;;/h1-7,9-11,18H,8H2;1-2H3;2*1H;/q;;;;+2/p-2. The van der Waals surface area contributed by atoms with Crippen molar-refractivity contribution in [3.63, 3.8) is 0 Å². The van der Waals surface area contributed by atoms with Gasteiger partial charge in [0.15, 0.2) is 0 Å². The van der Waals surface area contributed by atoms with Crippen molar-refractivity contribution < 1.29 is 47.6 Å². The molecule has 121 valence electrons. The number of benzene rings is 2. The summed E-state index contributed by atoms with van der Waals surface area (Å²) in [5.74, 6) is 0.484. The molecule has 0 amide bonds. The molecule has 2 aromatic rings. The van der Waals surface area contributed by atoms with Crippen LogP contribution >= 0.6 is 0 Å². The molecule has 0 spiro atoms. The molecule has 24 heavy (non-hydrogen) atoms. The quantitative estimate of drug-likeness (QED) is 0.548. The first-order valence-corrected chi connectivity index (χ1v) is 10.4. The van der Waals surface area contributed by atoms with Gasteiger partial charge in [-0.25, -0.2) is 0 Å². The molecule has 1 unspecified atom stereocenters. The molecular weight excluding hydrogens is 414 g/mol. The number of hydrogen-bond donors (Lipinski definition) is 0. The molecule has 0 aromatic heterocycles. The Bertz CT molecular complexity index is 843. The molecule has 0 fully saturated rings. The van der Waals surface area contributed by atoms with Gasteiger partial charge in [-0.05, 0) is 0 Å². The number of rotatable bonds is 2. The van der Waals surface area contributed by atoms with Crippen LogP contribution in [0.4, 0.5) is 0 Å². The molecule has 0 bridgehead atoms. The maximum Gasteiger partial charge on any atom is -1.00 e. The maximum absolute atomic E-state index is 2.39. The average molecular weight is 434 g/mol. The minimum Gasteiger partial charge on any atom is -1.00 e. The molecule has 3 heteroatoms. The van der Waals surface area contributed by atoms with Crippen LogP contribution in [0, 0.1) is 0 Å². The maximum atomic E-state index is 2.39. The molecule has 2 aliphatic rings. The molecule has 4 rings (SSSR count). The van der Waals surface area contributed by atoms with Crippen LogP contribution in [0.5, 0.6) is 0 Å². The Hall–Kier alpha value is -0.747. The number of hydrogen-bond acceptors (Lipinski definition) is 0. The van der Waals surface area contributed by atoms with E-state index in [-0.39, 0.29) is 24.8 Å². The summed E-state index contributed by atoms with van der Waals surface area (Å²) in [6.07, 6.45) is 7.94. The van der Waals surface area contributed by atoms with Crippen LogP contribution in [0.3, 0.4) is 0 Å². The molecule has 0 saturated carbocycles. The zero-order valence-electron chi connectivity index (χ0n) is 13.8. The Balaban J connectivity index is 0.00000104. The zero-order valence-corrected chi connectivity index (χ0v) is 17.8. The van der Waals surface area contributed by atoms with Crippen LogP contribution < -0.4 is 28.1 Å². The summed E-state index contributed by atoms with van der Waals surface area (Å²) in [6, 6.07) is 16.0. The Morgan fingerprint density at radius 2 is 1.71 bits per heavy atom. The van der Waals surface area contributed by atoms with Gasteiger partial charge in [0, 0.05) is 0 Å². The van der Waals surface area contributed by atoms with E-state index in [1.54, 1.807) is 17.6 Å². The molecule has 2 aliphatic carbocycles. The third kappa shape index (κ3) is 3.32. The van der Waals surface area contributed by atoms with E-state index in [4.69, 9.17) is 0 Å². The minimum atomic E-state index is -0.612. The van der Waals surface area contributed by atoms with Gasteiger partial charge in [-0.3, -0.25) is 0 Å². The Morgan fingerprint density at radius 3 is 2.42 bits per heavy atom. The van der Waals surface area contributed by atoms with Crippen LogP contribution in [0.1, 0.15) is 37.3 Å². The molecular formula is C21H19Cl2Zr. The van der Waals surface area contributed by atoms with E-state index in [1.165, 1.54) is 16.7 Å². The smallest absolute Gasteiger partial charge is 1.00 e. The third-order valence-electron chi connectivity index (χ3n) is 4.51. The SMILES string of the molecule is C[C](C)=[Zr+2][c]1cccc2c1C(C1=CC=CC1)c1ccccc1-2.[Cl-].[Cl-]. The van der Waals surface area contributed by atoms with E-state index in [9.17, 15) is 0 Å². The van der Waals surface area contributed by atoms with Crippen LogP contribution in [0.15, 0.2) is 66.3 Å². The van der Waals surface area contributed by atoms with Crippen molar-refractivity contribution in [2.45, 2.75) is 26.2 Å². The van der Waals surface area contributed by atoms with Crippen LogP contribution in [0.2, 0.25) is 0 Å². The van der Waals surface area contributed by atoms with E-state index < -0.39 is 22.8 Å². The molecule has 0 heterocycles. The van der Waals surface area contributed by atoms with Crippen molar-refractivity contribution >= 4 is 6.48 Å². The fourth-order valence-corrected chi connectivity index (χ4v) is 6.48. The van der Waals surface area contributed by atoms with Gasteiger partial charge in [-0.2, -0.15) is 0 Å². The van der Waals surface area contributed by atoms with E-state index in [0.29, 0.717) is 5.92 Å². The van der Waals surface area contributed by atoms with E-state index in [2.05, 4.69) is 74.5 Å². The molecule has 2 aromatic carbocycles. The van der Waals surface area contributed by atoms with Gasteiger partial charge in [0.1, 0.15) is 0 Å². The van der Waals surface area contributed by atoms with Crippen molar-refractivity contribution in [2.75, 3.05) is 0 Å². The summed E-state index contributed by atoms with van der Waals surface area (Å²) in [5, 5.41) is 0. The van der Waals surface area contributed by atoms with Crippen molar-refractivity contribution in [3.05, 3.63) is 77.4 Å². The Labute approximate surface area is 167 Å². The normalized spacial score (nSPS) is 16.2. The summed E-state index contributed by atoms with van der Waals surface area (Å²) in [6.45, 7) is 4.61. The Morgan fingerprint density at radius 1 is 0.958 bits per heavy atom. The van der Waals surface area contributed by atoms with Gasteiger partial charge in [-0.1, -0.05) is 0 Å². The summed E-state index contributed by atoms with van der Waals surface area (Å²) in [5.41, 5.74) is 7.62. The van der Waals surface area contributed by atoms with Crippen LogP contribution in [0.25, 0.3) is 11.1 Å². The van der Waals surface area contributed by atoms with Crippen molar-refractivity contribution in [1.82, 2.24) is 0 Å². The van der Waals surface area contributed by atoms with Gasteiger partial charge >= 0.3 is 144 Å². The molecule has 1 atom stereocenters. The monoisotopic (exact) mass is 431 g/mol. The molecule has 0 radical (unpaired) electrons. The molecule has 0 nitrogen and oxygen atoms in total. The molecule has 0 aliphatic heterocycles. The number of fused-ring (bicyclic) bond motifs is 3. The summed E-state index contributed by atoms with van der Waals surface area (Å²) in [4.78, 5) is 0. The van der Waals surface area contributed by atoms with E-state index >= 15 is 0 Å². The first-order chi connectivity index (χ1) is 10.8. The second-order valence-electron chi connectivity index (χ2n) is 6.29. The summed E-state index contributed by atoms with van der Waals surface area (Å²) in [7, 11) is 0. The van der Waals surface area contributed by atoms with Crippen molar-refractivity contribution in [1.29, 1.82) is 0 Å².